The van der Waals surface area contributed by atoms with Gasteiger partial charge in [0, 0.05) is 6.42 Å². The molecular formula is C73H139NO18. The number of aliphatic hydroxyl groups excluding tert-OH is 11. The number of allylic oxidation sites excluding steroid dienone is 2. The number of carbonyl (C=O) groups is 1. The van der Waals surface area contributed by atoms with Crippen molar-refractivity contribution in [3.63, 3.8) is 0 Å². The number of carbonyl (C=O) groups excluding carboxylic acids is 1. The van der Waals surface area contributed by atoms with Gasteiger partial charge in [-0.15, -0.1) is 0 Å². The summed E-state index contributed by atoms with van der Waals surface area (Å²) in [4.78, 5) is 13.4. The fourth-order valence-electron chi connectivity index (χ4n) is 13.2. The first-order valence-electron chi connectivity index (χ1n) is 37.9. The number of nitrogens with one attached hydrogen (secondary N) is 1. The molecule has 19 nitrogen and oxygen atoms in total. The topological polar surface area (TPSA) is 307 Å². The van der Waals surface area contributed by atoms with Gasteiger partial charge in [-0.1, -0.05) is 283 Å². The largest absolute Gasteiger partial charge is 0.394 e. The molecule has 3 aliphatic rings. The minimum atomic E-state index is -1.97. The third-order valence-electron chi connectivity index (χ3n) is 19.3. The summed E-state index contributed by atoms with van der Waals surface area (Å²) in [5.74, 6) is -0.236. The molecule has 3 heterocycles. The zero-order valence-corrected chi connectivity index (χ0v) is 57.8. The van der Waals surface area contributed by atoms with Gasteiger partial charge in [0.2, 0.25) is 5.91 Å². The van der Waals surface area contributed by atoms with Gasteiger partial charge in [0.1, 0.15) is 73.2 Å². The highest BCUT2D eigenvalue weighted by molar-refractivity contribution is 5.76. The maximum Gasteiger partial charge on any atom is 0.220 e. The van der Waals surface area contributed by atoms with E-state index in [-0.39, 0.29) is 18.9 Å². The van der Waals surface area contributed by atoms with E-state index in [2.05, 4.69) is 31.3 Å². The van der Waals surface area contributed by atoms with Crippen molar-refractivity contribution < 1.29 is 89.4 Å². The van der Waals surface area contributed by atoms with Crippen LogP contribution in [0.15, 0.2) is 12.2 Å². The van der Waals surface area contributed by atoms with Crippen LogP contribution < -0.4 is 5.32 Å². The van der Waals surface area contributed by atoms with Crippen LogP contribution >= 0.6 is 0 Å². The van der Waals surface area contributed by atoms with Crippen molar-refractivity contribution in [2.75, 3.05) is 26.4 Å². The van der Waals surface area contributed by atoms with Crippen LogP contribution in [0.4, 0.5) is 0 Å². The lowest BCUT2D eigenvalue weighted by Gasteiger charge is -2.48. The van der Waals surface area contributed by atoms with Crippen LogP contribution in [0.3, 0.4) is 0 Å². The Morgan fingerprint density at radius 2 is 0.685 bits per heavy atom. The summed E-state index contributed by atoms with van der Waals surface area (Å²) in [5.41, 5.74) is 0. The predicted molar refractivity (Wildman–Crippen MR) is 360 cm³/mol. The van der Waals surface area contributed by atoms with E-state index in [4.69, 9.17) is 28.4 Å². The minimum absolute atomic E-state index is 0.236. The highest BCUT2D eigenvalue weighted by Gasteiger charge is 2.53. The Kier molecular flexibility index (Phi) is 51.0. The molecule has 0 aromatic carbocycles. The predicted octanol–water partition coefficient (Wildman–Crippen LogP) is 11.2. The summed E-state index contributed by atoms with van der Waals surface area (Å²) in [5, 5.41) is 121. The van der Waals surface area contributed by atoms with Crippen LogP contribution in [0.25, 0.3) is 0 Å². The van der Waals surface area contributed by atoms with Crippen molar-refractivity contribution in [3.05, 3.63) is 12.2 Å². The second-order valence-corrected chi connectivity index (χ2v) is 27.5. The van der Waals surface area contributed by atoms with E-state index in [0.29, 0.717) is 12.8 Å². The minimum Gasteiger partial charge on any atom is -0.394 e. The molecule has 0 spiro atoms. The fourth-order valence-corrected chi connectivity index (χ4v) is 13.2. The quantitative estimate of drug-likeness (QED) is 0.0199. The summed E-state index contributed by atoms with van der Waals surface area (Å²) in [6, 6.07) is -0.883. The number of aliphatic hydroxyl groups is 11. The maximum atomic E-state index is 13.4. The molecule has 0 aromatic rings. The SMILES string of the molecule is CCCCCCCCCC/C=C\CCCCCCCCCCCCCCCCCCCCCCCC(=O)NC(COC1OC(CO)C(OC2OC(CO)C(OC3OC(CO)C(O)C(O)C3O)C(O)C2O)C(O)C1O)C(O)CCCCCCCCCCCCCCCC. The number of unbranched alkanes of at least 4 members (excludes halogenated alkanes) is 42. The van der Waals surface area contributed by atoms with Gasteiger partial charge in [-0.25, -0.2) is 0 Å². The Labute approximate surface area is 556 Å². The molecular weight excluding hydrogens is 1180 g/mol. The van der Waals surface area contributed by atoms with Crippen LogP contribution in [0.1, 0.15) is 316 Å². The lowest BCUT2D eigenvalue weighted by Crippen LogP contribution is -2.66. The molecule has 3 saturated heterocycles. The van der Waals surface area contributed by atoms with Crippen molar-refractivity contribution in [3.8, 4) is 0 Å². The second-order valence-electron chi connectivity index (χ2n) is 27.5. The van der Waals surface area contributed by atoms with Crippen LogP contribution in [0, 0.1) is 0 Å². The molecule has 12 N–H and O–H groups in total. The first-order chi connectivity index (χ1) is 44.8. The first kappa shape index (κ1) is 84.8. The highest BCUT2D eigenvalue weighted by atomic mass is 16.8. The number of hydrogen-bond donors (Lipinski definition) is 12. The van der Waals surface area contributed by atoms with Gasteiger partial charge < -0.3 is 89.9 Å². The van der Waals surface area contributed by atoms with Gasteiger partial charge in [0.05, 0.1) is 38.6 Å². The molecule has 17 unspecified atom stereocenters. The standard InChI is InChI=1S/C73H139NO18/c1-3-5-7-9-11-13-15-17-19-20-21-22-23-24-25-26-27-28-29-30-31-32-33-34-35-36-37-39-41-43-45-47-49-51-61(79)74-56(57(78)50-48-46-44-42-40-38-18-16-14-12-10-8-6-4-2)55-87-71-67(85)64(82)69(59(53-76)89-71)92-73-68(86)65(83)70(60(54-77)90-73)91-72-66(84)63(81)62(80)58(52-75)88-72/h20-21,56-60,62-73,75-78,80-86H,3-19,22-55H2,1-2H3,(H,74,79)/b21-20-. The third kappa shape index (κ3) is 36.4. The summed E-state index contributed by atoms with van der Waals surface area (Å²) in [6.45, 7) is 1.83. The zero-order chi connectivity index (χ0) is 66.8. The Morgan fingerprint density at radius 3 is 1.05 bits per heavy atom. The second kappa shape index (κ2) is 55.4. The Balaban J connectivity index is 1.33. The van der Waals surface area contributed by atoms with Crippen molar-refractivity contribution in [2.24, 2.45) is 0 Å². The van der Waals surface area contributed by atoms with Gasteiger partial charge in [-0.05, 0) is 38.5 Å². The maximum absolute atomic E-state index is 13.4. The van der Waals surface area contributed by atoms with Gasteiger partial charge in [0.25, 0.3) is 0 Å². The Bertz CT molecular complexity index is 1720. The van der Waals surface area contributed by atoms with E-state index in [1.165, 1.54) is 238 Å². The van der Waals surface area contributed by atoms with Crippen molar-refractivity contribution in [1.82, 2.24) is 5.32 Å². The third-order valence-corrected chi connectivity index (χ3v) is 19.3. The fraction of sp³-hybridized carbons (Fsp3) is 0.959. The average Bonchev–Trinajstić information content (AvgIpc) is 0.840. The van der Waals surface area contributed by atoms with Crippen molar-refractivity contribution >= 4 is 5.91 Å². The molecule has 3 rings (SSSR count). The zero-order valence-electron chi connectivity index (χ0n) is 57.8. The lowest BCUT2D eigenvalue weighted by molar-refractivity contribution is -0.379. The summed E-state index contributed by atoms with van der Waals surface area (Å²) in [7, 11) is 0. The molecule has 92 heavy (non-hydrogen) atoms. The molecule has 3 aliphatic heterocycles. The van der Waals surface area contributed by atoms with E-state index in [1.807, 2.05) is 0 Å². The summed E-state index contributed by atoms with van der Waals surface area (Å²) in [6.07, 6.45) is 36.0. The molecule has 19 heteroatoms. The average molecular weight is 1320 g/mol. The number of rotatable bonds is 60. The number of ether oxygens (including phenoxy) is 6. The Morgan fingerprint density at radius 1 is 0.380 bits per heavy atom. The number of hydrogen-bond acceptors (Lipinski definition) is 18. The first-order valence-corrected chi connectivity index (χ1v) is 37.9. The van der Waals surface area contributed by atoms with Crippen molar-refractivity contribution in [2.45, 2.75) is 420 Å². The van der Waals surface area contributed by atoms with Crippen LogP contribution in [0.2, 0.25) is 0 Å². The van der Waals surface area contributed by atoms with E-state index in [9.17, 15) is 61.0 Å². The molecule has 0 aliphatic carbocycles. The van der Waals surface area contributed by atoms with Crippen molar-refractivity contribution in [1.29, 1.82) is 0 Å². The molecule has 0 aromatic heterocycles. The molecule has 0 bridgehead atoms. The van der Waals surface area contributed by atoms with E-state index in [0.717, 1.165) is 44.9 Å². The molecule has 17 atom stereocenters. The van der Waals surface area contributed by atoms with Gasteiger partial charge in [0.15, 0.2) is 18.9 Å². The number of amides is 1. The molecule has 0 saturated carbocycles. The molecule has 3 fully saturated rings. The van der Waals surface area contributed by atoms with E-state index < -0.39 is 124 Å². The summed E-state index contributed by atoms with van der Waals surface area (Å²) >= 11 is 0. The van der Waals surface area contributed by atoms with Gasteiger partial charge >= 0.3 is 0 Å². The van der Waals surface area contributed by atoms with E-state index in [1.54, 1.807) is 0 Å². The van der Waals surface area contributed by atoms with Gasteiger partial charge in [-0.3, -0.25) is 4.79 Å². The monoisotopic (exact) mass is 1320 g/mol. The van der Waals surface area contributed by atoms with Crippen LogP contribution in [-0.2, 0) is 33.2 Å². The highest BCUT2D eigenvalue weighted by Crippen LogP contribution is 2.33. The molecule has 0 radical (unpaired) electrons. The molecule has 544 valence electrons. The van der Waals surface area contributed by atoms with Crippen LogP contribution in [-0.4, -0.2) is 193 Å². The normalized spacial score (nSPS) is 27.7. The van der Waals surface area contributed by atoms with Crippen LogP contribution in [0.5, 0.6) is 0 Å². The Hall–Kier alpha value is -1.47. The molecule has 1 amide bonds. The van der Waals surface area contributed by atoms with Gasteiger partial charge in [-0.2, -0.15) is 0 Å². The van der Waals surface area contributed by atoms with E-state index >= 15 is 0 Å². The summed E-state index contributed by atoms with van der Waals surface area (Å²) < 4.78 is 34.4. The smallest absolute Gasteiger partial charge is 0.220 e. The lowest BCUT2D eigenvalue weighted by atomic mass is 9.96.